The summed E-state index contributed by atoms with van der Waals surface area (Å²) in [4.78, 5) is 2.61. The molecule has 1 saturated carbocycles. The lowest BCUT2D eigenvalue weighted by molar-refractivity contribution is 0.155. The average Bonchev–Trinajstić information content (AvgIpc) is 2.26. The molecule has 0 amide bonds. The van der Waals surface area contributed by atoms with Gasteiger partial charge in [0.1, 0.15) is 0 Å². The smallest absolute Gasteiger partial charge is 0.00924 e. The van der Waals surface area contributed by atoms with E-state index in [4.69, 9.17) is 0 Å². The largest absolute Gasteiger partial charge is 0.303 e. The molecule has 0 unspecified atom stereocenters. The summed E-state index contributed by atoms with van der Waals surface area (Å²) in [7, 11) is 2.32. The van der Waals surface area contributed by atoms with Crippen LogP contribution in [0.2, 0.25) is 0 Å². The van der Waals surface area contributed by atoms with Crippen molar-refractivity contribution in [3.63, 3.8) is 0 Å². The van der Waals surface area contributed by atoms with Crippen molar-refractivity contribution in [3.8, 4) is 0 Å². The summed E-state index contributed by atoms with van der Waals surface area (Å²) >= 11 is 0. The summed E-state index contributed by atoms with van der Waals surface area (Å²) in [5.74, 6) is 1.91. The fourth-order valence-corrected chi connectivity index (χ4v) is 3.08. The van der Waals surface area contributed by atoms with E-state index in [0.717, 1.165) is 17.9 Å². The number of hydrogen-bond donors (Lipinski definition) is 0. The van der Waals surface area contributed by atoms with Gasteiger partial charge in [0.05, 0.1) is 0 Å². The van der Waals surface area contributed by atoms with E-state index in [0.29, 0.717) is 0 Å². The maximum atomic E-state index is 2.61. The first-order valence-corrected chi connectivity index (χ1v) is 7.33. The highest BCUT2D eigenvalue weighted by molar-refractivity contribution is 4.78. The van der Waals surface area contributed by atoms with Gasteiger partial charge in [0.25, 0.3) is 0 Å². The third-order valence-corrected chi connectivity index (χ3v) is 4.11. The summed E-state index contributed by atoms with van der Waals surface area (Å²) in [6, 6.07) is 0.884. The summed E-state index contributed by atoms with van der Waals surface area (Å²) < 4.78 is 0. The molecule has 1 rings (SSSR count). The molecule has 96 valence electrons. The van der Waals surface area contributed by atoms with Crippen molar-refractivity contribution in [2.45, 2.75) is 71.8 Å². The van der Waals surface area contributed by atoms with Crippen molar-refractivity contribution in [2.24, 2.45) is 11.8 Å². The van der Waals surface area contributed by atoms with Gasteiger partial charge in [0.15, 0.2) is 0 Å². The van der Waals surface area contributed by atoms with E-state index in [2.05, 4.69) is 32.7 Å². The Bertz CT molecular complexity index is 168. The molecule has 1 fully saturated rings. The first kappa shape index (κ1) is 14.0. The normalized spacial score (nSPS) is 26.6. The zero-order valence-corrected chi connectivity index (χ0v) is 11.8. The minimum Gasteiger partial charge on any atom is -0.303 e. The van der Waals surface area contributed by atoms with Crippen molar-refractivity contribution in [2.75, 3.05) is 13.6 Å². The van der Waals surface area contributed by atoms with Gasteiger partial charge in [0, 0.05) is 6.04 Å². The Morgan fingerprint density at radius 1 is 1.12 bits per heavy atom. The Kier molecular flexibility index (Phi) is 6.41. The lowest BCUT2D eigenvalue weighted by Crippen LogP contribution is -2.35. The molecule has 0 aromatic carbocycles. The lowest BCUT2D eigenvalue weighted by atomic mass is 9.81. The van der Waals surface area contributed by atoms with Gasteiger partial charge < -0.3 is 4.90 Å². The highest BCUT2D eigenvalue weighted by atomic mass is 15.1. The third kappa shape index (κ3) is 4.86. The SMILES string of the molecule is CCCCN(C)C1CCC(CC(C)C)CC1. The molecule has 0 radical (unpaired) electrons. The van der Waals surface area contributed by atoms with Crippen LogP contribution in [-0.4, -0.2) is 24.5 Å². The van der Waals surface area contributed by atoms with Crippen LogP contribution in [0.4, 0.5) is 0 Å². The van der Waals surface area contributed by atoms with Gasteiger partial charge in [-0.3, -0.25) is 0 Å². The van der Waals surface area contributed by atoms with Crippen LogP contribution >= 0.6 is 0 Å². The molecular formula is C15H31N. The zero-order chi connectivity index (χ0) is 12.0. The Labute approximate surface area is 103 Å². The third-order valence-electron chi connectivity index (χ3n) is 4.11. The predicted octanol–water partition coefficient (Wildman–Crippen LogP) is 4.32. The fourth-order valence-electron chi connectivity index (χ4n) is 3.08. The first-order chi connectivity index (χ1) is 7.63. The monoisotopic (exact) mass is 225 g/mol. The molecule has 1 nitrogen and oxygen atoms in total. The second-order valence-corrected chi connectivity index (χ2v) is 6.14. The number of nitrogens with zero attached hydrogens (tertiary/aromatic N) is 1. The highest BCUT2D eigenvalue weighted by Gasteiger charge is 2.23. The molecule has 1 heteroatoms. The van der Waals surface area contributed by atoms with Crippen molar-refractivity contribution in [1.29, 1.82) is 0 Å². The van der Waals surface area contributed by atoms with Gasteiger partial charge in [-0.15, -0.1) is 0 Å². The number of rotatable bonds is 6. The standard InChI is InChI=1S/C15H31N/c1-5-6-11-16(4)15-9-7-14(8-10-15)12-13(2)3/h13-15H,5-12H2,1-4H3. The molecule has 1 aliphatic carbocycles. The van der Waals surface area contributed by atoms with Gasteiger partial charge in [-0.1, -0.05) is 27.2 Å². The minimum atomic E-state index is 0.884. The predicted molar refractivity (Wildman–Crippen MR) is 72.7 cm³/mol. The summed E-state index contributed by atoms with van der Waals surface area (Å²) in [6.45, 7) is 8.31. The number of hydrogen-bond acceptors (Lipinski definition) is 1. The van der Waals surface area contributed by atoms with Gasteiger partial charge in [0.2, 0.25) is 0 Å². The summed E-state index contributed by atoms with van der Waals surface area (Å²) in [5, 5.41) is 0. The Morgan fingerprint density at radius 2 is 1.75 bits per heavy atom. The van der Waals surface area contributed by atoms with Crippen LogP contribution in [0.25, 0.3) is 0 Å². The van der Waals surface area contributed by atoms with E-state index < -0.39 is 0 Å². The quantitative estimate of drug-likeness (QED) is 0.650. The van der Waals surface area contributed by atoms with Crippen molar-refractivity contribution in [3.05, 3.63) is 0 Å². The van der Waals surface area contributed by atoms with Gasteiger partial charge >= 0.3 is 0 Å². The van der Waals surface area contributed by atoms with Crippen LogP contribution in [0.1, 0.15) is 65.7 Å². The van der Waals surface area contributed by atoms with Crippen molar-refractivity contribution < 1.29 is 0 Å². The second kappa shape index (κ2) is 7.32. The molecule has 0 aliphatic heterocycles. The van der Waals surface area contributed by atoms with E-state index in [1.54, 1.807) is 0 Å². The van der Waals surface area contributed by atoms with E-state index >= 15 is 0 Å². The molecule has 0 N–H and O–H groups in total. The van der Waals surface area contributed by atoms with Gasteiger partial charge in [-0.25, -0.2) is 0 Å². The Balaban J connectivity index is 2.20. The van der Waals surface area contributed by atoms with E-state index in [1.165, 1.54) is 51.5 Å². The van der Waals surface area contributed by atoms with Crippen LogP contribution in [-0.2, 0) is 0 Å². The molecule has 1 aliphatic rings. The number of unbranched alkanes of at least 4 members (excludes halogenated alkanes) is 1. The van der Waals surface area contributed by atoms with Crippen molar-refractivity contribution in [1.82, 2.24) is 4.90 Å². The molecule has 0 aromatic heterocycles. The molecule has 0 spiro atoms. The summed E-state index contributed by atoms with van der Waals surface area (Å²) in [5.41, 5.74) is 0. The van der Waals surface area contributed by atoms with Crippen LogP contribution in [0.5, 0.6) is 0 Å². The highest BCUT2D eigenvalue weighted by Crippen LogP contribution is 2.31. The zero-order valence-electron chi connectivity index (χ0n) is 11.8. The van der Waals surface area contributed by atoms with Crippen LogP contribution in [0.15, 0.2) is 0 Å². The maximum Gasteiger partial charge on any atom is 0.00924 e. The molecule has 0 bridgehead atoms. The molecule has 16 heavy (non-hydrogen) atoms. The summed E-state index contributed by atoms with van der Waals surface area (Å²) in [6.07, 6.45) is 9.97. The molecule has 0 atom stereocenters. The maximum absolute atomic E-state index is 2.61. The second-order valence-electron chi connectivity index (χ2n) is 6.14. The minimum absolute atomic E-state index is 0.884. The molecular weight excluding hydrogens is 194 g/mol. The van der Waals surface area contributed by atoms with E-state index in [-0.39, 0.29) is 0 Å². The Morgan fingerprint density at radius 3 is 2.25 bits per heavy atom. The first-order valence-electron chi connectivity index (χ1n) is 7.33. The van der Waals surface area contributed by atoms with Crippen molar-refractivity contribution >= 4 is 0 Å². The average molecular weight is 225 g/mol. The van der Waals surface area contributed by atoms with Crippen LogP contribution in [0.3, 0.4) is 0 Å². The fraction of sp³-hybridized carbons (Fsp3) is 1.00. The topological polar surface area (TPSA) is 3.24 Å². The Hall–Kier alpha value is -0.0400. The molecule has 0 saturated heterocycles. The van der Waals surface area contributed by atoms with Crippen LogP contribution in [0, 0.1) is 11.8 Å². The molecule has 0 aromatic rings. The van der Waals surface area contributed by atoms with Gasteiger partial charge in [-0.05, 0) is 64.0 Å². The van der Waals surface area contributed by atoms with E-state index in [9.17, 15) is 0 Å². The van der Waals surface area contributed by atoms with Crippen LogP contribution < -0.4 is 0 Å². The lowest BCUT2D eigenvalue weighted by Gasteiger charge is -2.35. The van der Waals surface area contributed by atoms with E-state index in [1.807, 2.05) is 0 Å². The molecule has 0 heterocycles. The van der Waals surface area contributed by atoms with Gasteiger partial charge in [-0.2, -0.15) is 0 Å².